The van der Waals surface area contributed by atoms with Crippen molar-refractivity contribution in [3.05, 3.63) is 0 Å². The normalized spacial score (nSPS) is 47.0. The molecule has 0 aromatic carbocycles. The number of fused-ring (bicyclic) bond motifs is 2. The van der Waals surface area contributed by atoms with E-state index in [9.17, 15) is 0 Å². The summed E-state index contributed by atoms with van der Waals surface area (Å²) in [6.45, 7) is 2.58. The van der Waals surface area contributed by atoms with Crippen LogP contribution in [0.2, 0.25) is 0 Å². The number of halogens is 1. The molecule has 3 rings (SSSR count). The minimum atomic E-state index is 0.452. The number of rotatable bonds is 1. The largest absolute Gasteiger partial charge is 0.300 e. The first-order valence-corrected chi connectivity index (χ1v) is 7.14. The van der Waals surface area contributed by atoms with Crippen molar-refractivity contribution < 1.29 is 0 Å². The van der Waals surface area contributed by atoms with Crippen molar-refractivity contribution in [1.82, 2.24) is 4.90 Å². The van der Waals surface area contributed by atoms with Crippen molar-refractivity contribution in [1.29, 1.82) is 0 Å². The molecule has 4 atom stereocenters. The van der Waals surface area contributed by atoms with Crippen molar-refractivity contribution in [3.8, 4) is 0 Å². The highest BCUT2D eigenvalue weighted by atomic mass is 35.5. The Hall–Kier alpha value is 0.250. The first kappa shape index (κ1) is 10.4. The lowest BCUT2D eigenvalue weighted by atomic mass is 9.94. The van der Waals surface area contributed by atoms with Crippen LogP contribution >= 0.6 is 11.6 Å². The molecule has 1 nitrogen and oxygen atoms in total. The molecule has 15 heavy (non-hydrogen) atoms. The van der Waals surface area contributed by atoms with Crippen molar-refractivity contribution in [2.24, 2.45) is 11.8 Å². The molecule has 3 fully saturated rings. The molecule has 0 N–H and O–H groups in total. The summed E-state index contributed by atoms with van der Waals surface area (Å²) in [5.41, 5.74) is 0. The molecule has 0 amide bonds. The van der Waals surface area contributed by atoms with Gasteiger partial charge in [-0.15, -0.1) is 11.6 Å². The Morgan fingerprint density at radius 3 is 2.60 bits per heavy atom. The maximum absolute atomic E-state index is 6.25. The van der Waals surface area contributed by atoms with Crippen LogP contribution in [0, 0.1) is 11.8 Å². The molecule has 0 aromatic heterocycles. The second kappa shape index (κ2) is 4.25. The molecule has 0 aromatic rings. The first-order chi connectivity index (χ1) is 7.33. The van der Waals surface area contributed by atoms with Crippen molar-refractivity contribution >= 4 is 11.6 Å². The van der Waals surface area contributed by atoms with E-state index in [1.54, 1.807) is 0 Å². The lowest BCUT2D eigenvalue weighted by molar-refractivity contribution is 0.148. The summed E-state index contributed by atoms with van der Waals surface area (Å²) >= 11 is 6.25. The van der Waals surface area contributed by atoms with Crippen LogP contribution in [0.15, 0.2) is 0 Å². The van der Waals surface area contributed by atoms with Gasteiger partial charge in [-0.3, -0.25) is 0 Å². The summed E-state index contributed by atoms with van der Waals surface area (Å²) in [6.07, 6.45) is 9.84. The Bertz CT molecular complexity index is 231. The molecule has 1 heterocycles. The van der Waals surface area contributed by atoms with Crippen LogP contribution in [0.1, 0.15) is 44.9 Å². The lowest BCUT2D eigenvalue weighted by Crippen LogP contribution is -2.39. The maximum atomic E-state index is 6.25. The fourth-order valence-electron chi connectivity index (χ4n) is 4.07. The maximum Gasteiger partial charge on any atom is 0.0348 e. The Morgan fingerprint density at radius 1 is 0.933 bits per heavy atom. The number of hydrogen-bond donors (Lipinski definition) is 0. The number of hydrogen-bond acceptors (Lipinski definition) is 1. The highest BCUT2D eigenvalue weighted by Gasteiger charge is 2.42. The van der Waals surface area contributed by atoms with E-state index in [0.717, 1.165) is 17.9 Å². The molecular formula is C13H22ClN. The predicted molar refractivity (Wildman–Crippen MR) is 64.3 cm³/mol. The van der Waals surface area contributed by atoms with E-state index in [0.29, 0.717) is 5.38 Å². The fourth-order valence-corrected chi connectivity index (χ4v) is 4.32. The Labute approximate surface area is 98.2 Å². The monoisotopic (exact) mass is 227 g/mol. The lowest BCUT2D eigenvalue weighted by Gasteiger charge is -2.33. The average Bonchev–Trinajstić information content (AvgIpc) is 2.79. The minimum Gasteiger partial charge on any atom is -0.300 e. The third kappa shape index (κ3) is 2.06. The number of alkyl halides is 1. The summed E-state index contributed by atoms with van der Waals surface area (Å²) in [5, 5.41) is 0.452. The third-order valence-electron chi connectivity index (χ3n) is 4.86. The minimum absolute atomic E-state index is 0.452. The van der Waals surface area contributed by atoms with Gasteiger partial charge in [-0.05, 0) is 63.5 Å². The van der Waals surface area contributed by atoms with E-state index >= 15 is 0 Å². The second-order valence-electron chi connectivity index (χ2n) is 5.81. The van der Waals surface area contributed by atoms with Crippen LogP contribution in [0.4, 0.5) is 0 Å². The van der Waals surface area contributed by atoms with Crippen LogP contribution in [0.3, 0.4) is 0 Å². The molecule has 0 radical (unpaired) electrons. The summed E-state index contributed by atoms with van der Waals surface area (Å²) in [4.78, 5) is 2.77. The van der Waals surface area contributed by atoms with Gasteiger partial charge >= 0.3 is 0 Å². The zero-order valence-corrected chi connectivity index (χ0v) is 10.3. The van der Waals surface area contributed by atoms with Crippen molar-refractivity contribution in [2.45, 2.75) is 56.4 Å². The summed E-state index contributed by atoms with van der Waals surface area (Å²) in [6, 6.07) is 0.936. The van der Waals surface area contributed by atoms with Crippen molar-refractivity contribution in [3.63, 3.8) is 0 Å². The molecule has 2 aliphatic carbocycles. The fraction of sp³-hybridized carbons (Fsp3) is 1.00. The first-order valence-electron chi connectivity index (χ1n) is 6.71. The molecule has 1 saturated heterocycles. The zero-order chi connectivity index (χ0) is 10.3. The Balaban J connectivity index is 1.62. The molecule has 0 spiro atoms. The summed E-state index contributed by atoms with van der Waals surface area (Å²) in [5.74, 6) is 2.12. The highest BCUT2D eigenvalue weighted by Crippen LogP contribution is 2.46. The smallest absolute Gasteiger partial charge is 0.0348 e. The van der Waals surface area contributed by atoms with Crippen molar-refractivity contribution in [2.75, 3.05) is 13.1 Å². The SMILES string of the molecule is ClC1CCCN(C2CC3CCC2C3)CC1. The molecule has 1 aliphatic heterocycles. The van der Waals surface area contributed by atoms with Crippen LogP contribution in [-0.4, -0.2) is 29.4 Å². The van der Waals surface area contributed by atoms with Gasteiger partial charge in [0, 0.05) is 11.4 Å². The van der Waals surface area contributed by atoms with Gasteiger partial charge in [0.05, 0.1) is 0 Å². The predicted octanol–water partition coefficient (Wildman–Crippen LogP) is 3.27. The molecule has 2 saturated carbocycles. The van der Waals surface area contributed by atoms with E-state index in [1.807, 2.05) is 0 Å². The van der Waals surface area contributed by atoms with E-state index in [1.165, 1.54) is 58.0 Å². The molecule has 4 unspecified atom stereocenters. The van der Waals surface area contributed by atoms with Gasteiger partial charge in [-0.25, -0.2) is 0 Å². The van der Waals surface area contributed by atoms with Gasteiger partial charge in [-0.1, -0.05) is 6.42 Å². The molecule has 86 valence electrons. The quantitative estimate of drug-likeness (QED) is 0.622. The van der Waals surface area contributed by atoms with E-state index < -0.39 is 0 Å². The van der Waals surface area contributed by atoms with Crippen LogP contribution in [0.25, 0.3) is 0 Å². The number of nitrogens with zero attached hydrogens (tertiary/aromatic N) is 1. The molecule has 3 aliphatic rings. The standard InChI is InChI=1S/C13H22ClN/c14-12-2-1-6-15(7-5-12)13-9-10-3-4-11(13)8-10/h10-13H,1-9H2. The van der Waals surface area contributed by atoms with Crippen LogP contribution in [-0.2, 0) is 0 Å². The van der Waals surface area contributed by atoms with E-state index in [4.69, 9.17) is 11.6 Å². The highest BCUT2D eigenvalue weighted by molar-refractivity contribution is 6.20. The molecule has 2 bridgehead atoms. The van der Waals surface area contributed by atoms with Gasteiger partial charge < -0.3 is 4.90 Å². The third-order valence-corrected chi connectivity index (χ3v) is 5.30. The van der Waals surface area contributed by atoms with Gasteiger partial charge in [0.1, 0.15) is 0 Å². The molecule has 2 heteroatoms. The Kier molecular flexibility index (Phi) is 2.95. The summed E-state index contributed by atoms with van der Waals surface area (Å²) in [7, 11) is 0. The van der Waals surface area contributed by atoms with E-state index in [-0.39, 0.29) is 0 Å². The topological polar surface area (TPSA) is 3.24 Å². The zero-order valence-electron chi connectivity index (χ0n) is 9.50. The van der Waals surface area contributed by atoms with Gasteiger partial charge in [0.15, 0.2) is 0 Å². The molecular weight excluding hydrogens is 206 g/mol. The van der Waals surface area contributed by atoms with Gasteiger partial charge in [-0.2, -0.15) is 0 Å². The summed E-state index contributed by atoms with van der Waals surface area (Å²) < 4.78 is 0. The average molecular weight is 228 g/mol. The van der Waals surface area contributed by atoms with Gasteiger partial charge in [0.2, 0.25) is 0 Å². The van der Waals surface area contributed by atoms with E-state index in [2.05, 4.69) is 4.90 Å². The Morgan fingerprint density at radius 2 is 1.87 bits per heavy atom. The number of likely N-dealkylation sites (tertiary alicyclic amines) is 1. The van der Waals surface area contributed by atoms with Gasteiger partial charge in [0.25, 0.3) is 0 Å². The second-order valence-corrected chi connectivity index (χ2v) is 6.42. The van der Waals surface area contributed by atoms with Crippen LogP contribution in [0.5, 0.6) is 0 Å². The van der Waals surface area contributed by atoms with Crippen LogP contribution < -0.4 is 0 Å².